The zero-order valence-electron chi connectivity index (χ0n) is 12.1. The number of aliphatic hydroxyl groups excluding tert-OH is 1. The molecule has 5 heteroatoms. The molecule has 0 aromatic rings. The molecular formula is C13H26N2O3. The van der Waals surface area contributed by atoms with Gasteiger partial charge < -0.3 is 15.3 Å². The van der Waals surface area contributed by atoms with Gasteiger partial charge in [-0.2, -0.15) is 0 Å². The maximum absolute atomic E-state index is 11.7. The summed E-state index contributed by atoms with van der Waals surface area (Å²) in [6.07, 6.45) is 0.454. The molecule has 0 spiro atoms. The number of hydrogen-bond acceptors (Lipinski definition) is 3. The first-order valence-corrected chi connectivity index (χ1v) is 6.35. The zero-order chi connectivity index (χ0) is 14.3. The minimum absolute atomic E-state index is 0.0233. The van der Waals surface area contributed by atoms with Crippen LogP contribution in [-0.4, -0.2) is 48.1 Å². The van der Waals surface area contributed by atoms with Crippen molar-refractivity contribution in [3.05, 3.63) is 0 Å². The van der Waals surface area contributed by atoms with Crippen LogP contribution in [0.3, 0.4) is 0 Å². The third kappa shape index (κ3) is 7.27. The summed E-state index contributed by atoms with van der Waals surface area (Å²) in [6, 6.07) is 0. The van der Waals surface area contributed by atoms with E-state index in [1.807, 2.05) is 20.8 Å². The quantitative estimate of drug-likeness (QED) is 0.739. The highest BCUT2D eigenvalue weighted by Gasteiger charge is 2.20. The van der Waals surface area contributed by atoms with Gasteiger partial charge in [-0.25, -0.2) is 0 Å². The molecule has 0 aromatic carbocycles. The molecule has 2 N–H and O–H groups in total. The highest BCUT2D eigenvalue weighted by atomic mass is 16.3. The number of carbonyl (C=O) groups excluding carboxylic acids is 2. The van der Waals surface area contributed by atoms with Gasteiger partial charge in [-0.1, -0.05) is 20.8 Å². The van der Waals surface area contributed by atoms with Crippen LogP contribution in [0.5, 0.6) is 0 Å². The summed E-state index contributed by atoms with van der Waals surface area (Å²) in [4.78, 5) is 24.8. The van der Waals surface area contributed by atoms with Crippen molar-refractivity contribution in [1.29, 1.82) is 0 Å². The highest BCUT2D eigenvalue weighted by molar-refractivity contribution is 5.82. The average Bonchev–Trinajstić information content (AvgIpc) is 2.23. The van der Waals surface area contributed by atoms with Crippen LogP contribution in [0.2, 0.25) is 0 Å². The fraction of sp³-hybridized carbons (Fsp3) is 0.846. The van der Waals surface area contributed by atoms with Crippen molar-refractivity contribution in [2.75, 3.05) is 20.1 Å². The third-order valence-electron chi connectivity index (χ3n) is 2.61. The number of carbonyl (C=O) groups is 2. The molecular weight excluding hydrogens is 232 g/mol. The van der Waals surface area contributed by atoms with E-state index < -0.39 is 11.5 Å². The Kier molecular flexibility index (Phi) is 6.91. The van der Waals surface area contributed by atoms with Gasteiger partial charge in [0.2, 0.25) is 11.8 Å². The number of aliphatic hydroxyl groups is 1. The topological polar surface area (TPSA) is 69.6 Å². The summed E-state index contributed by atoms with van der Waals surface area (Å²) in [6.45, 7) is 8.08. The summed E-state index contributed by atoms with van der Waals surface area (Å²) in [5.41, 5.74) is -0.429. The van der Waals surface area contributed by atoms with E-state index in [0.717, 1.165) is 0 Å². The smallest absolute Gasteiger partial charge is 0.225 e. The molecule has 2 amide bonds. The van der Waals surface area contributed by atoms with Gasteiger partial charge in [0.1, 0.15) is 0 Å². The predicted molar refractivity (Wildman–Crippen MR) is 71.0 cm³/mol. The Morgan fingerprint density at radius 2 is 1.89 bits per heavy atom. The number of hydrogen-bond donors (Lipinski definition) is 2. The van der Waals surface area contributed by atoms with Gasteiger partial charge in [-0.05, 0) is 13.3 Å². The Morgan fingerprint density at radius 1 is 1.33 bits per heavy atom. The molecule has 5 nitrogen and oxygen atoms in total. The first kappa shape index (κ1) is 16.9. The lowest BCUT2D eigenvalue weighted by Gasteiger charge is -2.20. The first-order valence-electron chi connectivity index (χ1n) is 6.35. The Labute approximate surface area is 110 Å². The second-order valence-corrected chi connectivity index (χ2v) is 5.71. The van der Waals surface area contributed by atoms with Crippen molar-refractivity contribution < 1.29 is 14.7 Å². The van der Waals surface area contributed by atoms with E-state index in [1.165, 1.54) is 0 Å². The Morgan fingerprint density at radius 3 is 2.33 bits per heavy atom. The minimum atomic E-state index is -0.429. The van der Waals surface area contributed by atoms with Gasteiger partial charge >= 0.3 is 0 Å². The Bertz CT molecular complexity index is 282. The van der Waals surface area contributed by atoms with Crippen molar-refractivity contribution in [1.82, 2.24) is 10.2 Å². The molecule has 0 radical (unpaired) electrons. The van der Waals surface area contributed by atoms with E-state index >= 15 is 0 Å². The molecule has 0 bridgehead atoms. The summed E-state index contributed by atoms with van der Waals surface area (Å²) in [7, 11) is 1.70. The molecule has 0 aliphatic carbocycles. The number of rotatable bonds is 6. The predicted octanol–water partition coefficient (Wildman–Crippen LogP) is 0.768. The minimum Gasteiger partial charge on any atom is -0.393 e. The molecule has 18 heavy (non-hydrogen) atoms. The summed E-state index contributed by atoms with van der Waals surface area (Å²) >= 11 is 0. The number of nitrogens with zero attached hydrogens (tertiary/aromatic N) is 1. The van der Waals surface area contributed by atoms with Crippen LogP contribution >= 0.6 is 0 Å². The van der Waals surface area contributed by atoms with Crippen LogP contribution in [0.1, 0.15) is 40.5 Å². The molecule has 0 heterocycles. The molecule has 0 saturated heterocycles. The Balaban J connectivity index is 3.87. The van der Waals surface area contributed by atoms with Crippen molar-refractivity contribution in [3.63, 3.8) is 0 Å². The Hall–Kier alpha value is -1.10. The lowest BCUT2D eigenvalue weighted by molar-refractivity contribution is -0.131. The van der Waals surface area contributed by atoms with Crippen LogP contribution in [0, 0.1) is 5.41 Å². The van der Waals surface area contributed by atoms with Crippen LogP contribution in [0.15, 0.2) is 0 Å². The maximum atomic E-state index is 11.7. The van der Waals surface area contributed by atoms with E-state index in [9.17, 15) is 9.59 Å². The largest absolute Gasteiger partial charge is 0.393 e. The van der Waals surface area contributed by atoms with Gasteiger partial charge in [-0.3, -0.25) is 9.59 Å². The fourth-order valence-electron chi connectivity index (χ4n) is 1.24. The lowest BCUT2D eigenvalue weighted by Crippen LogP contribution is -2.38. The highest BCUT2D eigenvalue weighted by Crippen LogP contribution is 2.12. The SMILES string of the molecule is CC(O)CCN(C)C(=O)CCNC(=O)C(C)(C)C. The van der Waals surface area contributed by atoms with E-state index in [1.54, 1.807) is 18.9 Å². The molecule has 0 fully saturated rings. The molecule has 0 aliphatic rings. The number of nitrogens with one attached hydrogen (secondary N) is 1. The van der Waals surface area contributed by atoms with Crippen LogP contribution < -0.4 is 5.32 Å². The molecule has 0 rings (SSSR count). The molecule has 0 aliphatic heterocycles. The van der Waals surface area contributed by atoms with Gasteiger partial charge in [0.05, 0.1) is 6.10 Å². The van der Waals surface area contributed by atoms with Gasteiger partial charge in [-0.15, -0.1) is 0 Å². The van der Waals surface area contributed by atoms with Crippen LogP contribution in [-0.2, 0) is 9.59 Å². The average molecular weight is 258 g/mol. The molecule has 1 atom stereocenters. The van der Waals surface area contributed by atoms with Gasteiger partial charge in [0, 0.05) is 32.0 Å². The van der Waals surface area contributed by atoms with E-state index in [2.05, 4.69) is 5.32 Å². The fourth-order valence-corrected chi connectivity index (χ4v) is 1.24. The van der Waals surface area contributed by atoms with E-state index in [0.29, 0.717) is 19.5 Å². The normalized spacial score (nSPS) is 13.0. The van der Waals surface area contributed by atoms with E-state index in [4.69, 9.17) is 5.11 Å². The molecule has 0 saturated carbocycles. The second kappa shape index (κ2) is 7.36. The standard InChI is InChI=1S/C13H26N2O3/c1-10(16)7-9-15(5)11(17)6-8-14-12(18)13(2,3)4/h10,16H,6-9H2,1-5H3,(H,14,18). The second-order valence-electron chi connectivity index (χ2n) is 5.71. The van der Waals surface area contributed by atoms with Crippen LogP contribution in [0.25, 0.3) is 0 Å². The molecule has 0 aromatic heterocycles. The van der Waals surface area contributed by atoms with Crippen molar-refractivity contribution >= 4 is 11.8 Å². The first-order chi connectivity index (χ1) is 8.14. The summed E-state index contributed by atoms with van der Waals surface area (Å²) in [5.74, 6) is -0.0770. The molecule has 1 unspecified atom stereocenters. The van der Waals surface area contributed by atoms with Crippen LogP contribution in [0.4, 0.5) is 0 Å². The van der Waals surface area contributed by atoms with Gasteiger partial charge in [0.15, 0.2) is 0 Å². The van der Waals surface area contributed by atoms with Crippen molar-refractivity contribution in [2.45, 2.75) is 46.6 Å². The van der Waals surface area contributed by atoms with Crippen molar-refractivity contribution in [2.24, 2.45) is 5.41 Å². The third-order valence-corrected chi connectivity index (χ3v) is 2.61. The van der Waals surface area contributed by atoms with E-state index in [-0.39, 0.29) is 18.2 Å². The maximum Gasteiger partial charge on any atom is 0.225 e. The lowest BCUT2D eigenvalue weighted by atomic mass is 9.96. The summed E-state index contributed by atoms with van der Waals surface area (Å²) < 4.78 is 0. The monoisotopic (exact) mass is 258 g/mol. The molecule has 106 valence electrons. The summed E-state index contributed by atoms with van der Waals surface area (Å²) in [5, 5.41) is 11.9. The zero-order valence-corrected chi connectivity index (χ0v) is 12.1. The van der Waals surface area contributed by atoms with Crippen molar-refractivity contribution in [3.8, 4) is 0 Å². The number of amides is 2. The van der Waals surface area contributed by atoms with Gasteiger partial charge in [0.25, 0.3) is 0 Å².